The van der Waals surface area contributed by atoms with Gasteiger partial charge in [0, 0.05) is 18.3 Å². The van der Waals surface area contributed by atoms with E-state index in [4.69, 9.17) is 9.84 Å². The van der Waals surface area contributed by atoms with Gasteiger partial charge in [0.15, 0.2) is 0 Å². The average molecular weight is 255 g/mol. The molecule has 0 saturated heterocycles. The lowest BCUT2D eigenvalue weighted by Crippen LogP contribution is -2.42. The number of rotatable bonds is 6. The molecule has 7 heteroatoms. The van der Waals surface area contributed by atoms with Gasteiger partial charge in [0.05, 0.1) is 12.9 Å². The lowest BCUT2D eigenvalue weighted by molar-refractivity contribution is -0.139. The molecule has 0 spiro atoms. The first kappa shape index (κ1) is 14.0. The largest absolute Gasteiger partial charge is 0.480 e. The van der Waals surface area contributed by atoms with Gasteiger partial charge in [0.2, 0.25) is 0 Å². The van der Waals surface area contributed by atoms with Crippen LogP contribution in [0.25, 0.3) is 0 Å². The van der Waals surface area contributed by atoms with Crippen molar-refractivity contribution in [1.82, 2.24) is 15.3 Å². The van der Waals surface area contributed by atoms with Gasteiger partial charge in [0.1, 0.15) is 6.04 Å². The number of carboxylic acids is 1. The monoisotopic (exact) mass is 255 g/mol. The second-order valence-electron chi connectivity index (χ2n) is 4.31. The van der Waals surface area contributed by atoms with Gasteiger partial charge in [-0.15, -0.1) is 0 Å². The zero-order valence-electron chi connectivity index (χ0n) is 10.3. The molecule has 1 amide bonds. The zero-order chi connectivity index (χ0) is 13.5. The van der Waals surface area contributed by atoms with Gasteiger partial charge >= 0.3 is 12.1 Å². The van der Waals surface area contributed by atoms with E-state index in [2.05, 4.69) is 15.3 Å². The molecule has 0 aromatic carbocycles. The molecule has 0 aliphatic rings. The average Bonchev–Trinajstić information content (AvgIpc) is 2.78. The van der Waals surface area contributed by atoms with Crippen molar-refractivity contribution >= 4 is 12.1 Å². The van der Waals surface area contributed by atoms with Crippen LogP contribution in [0.2, 0.25) is 0 Å². The highest BCUT2D eigenvalue weighted by Gasteiger charge is 2.21. The van der Waals surface area contributed by atoms with Crippen LogP contribution in [0.3, 0.4) is 0 Å². The molecule has 0 unspecified atom stereocenters. The number of hydrogen-bond donors (Lipinski definition) is 3. The molecule has 1 heterocycles. The molecule has 100 valence electrons. The molecule has 18 heavy (non-hydrogen) atoms. The summed E-state index contributed by atoms with van der Waals surface area (Å²) < 4.78 is 4.86. The third kappa shape index (κ3) is 4.86. The third-order valence-electron chi connectivity index (χ3n) is 2.12. The summed E-state index contributed by atoms with van der Waals surface area (Å²) in [6, 6.07) is -1.04. The van der Waals surface area contributed by atoms with Gasteiger partial charge in [0.25, 0.3) is 0 Å². The number of alkyl carbamates (subject to hydrolysis) is 1. The van der Waals surface area contributed by atoms with Crippen LogP contribution in [-0.2, 0) is 16.0 Å². The van der Waals surface area contributed by atoms with E-state index in [9.17, 15) is 9.59 Å². The van der Waals surface area contributed by atoms with Gasteiger partial charge in [-0.25, -0.2) is 14.6 Å². The number of amides is 1. The number of aromatic amines is 1. The predicted molar refractivity (Wildman–Crippen MR) is 63.0 cm³/mol. The normalized spacial score (nSPS) is 12.2. The van der Waals surface area contributed by atoms with Crippen LogP contribution >= 0.6 is 0 Å². The minimum absolute atomic E-state index is 0.131. The number of nitrogens with zero attached hydrogens (tertiary/aromatic N) is 1. The van der Waals surface area contributed by atoms with E-state index < -0.39 is 18.1 Å². The smallest absolute Gasteiger partial charge is 0.407 e. The van der Waals surface area contributed by atoms with Crippen molar-refractivity contribution in [2.75, 3.05) is 6.61 Å². The number of hydrogen-bond acceptors (Lipinski definition) is 4. The fraction of sp³-hybridized carbons (Fsp3) is 0.545. The summed E-state index contributed by atoms with van der Waals surface area (Å²) in [4.78, 5) is 28.9. The zero-order valence-corrected chi connectivity index (χ0v) is 10.3. The number of imidazole rings is 1. The summed E-state index contributed by atoms with van der Waals surface area (Å²) in [6.07, 6.45) is 2.37. The highest BCUT2D eigenvalue weighted by Crippen LogP contribution is 2.00. The molecule has 1 aromatic rings. The fourth-order valence-corrected chi connectivity index (χ4v) is 1.24. The Balaban J connectivity index is 2.48. The van der Waals surface area contributed by atoms with Crippen molar-refractivity contribution in [3.05, 3.63) is 18.2 Å². The van der Waals surface area contributed by atoms with Gasteiger partial charge in [-0.1, -0.05) is 13.8 Å². The second kappa shape index (κ2) is 6.63. The number of nitrogens with one attached hydrogen (secondary N) is 2. The lowest BCUT2D eigenvalue weighted by Gasteiger charge is -2.14. The summed E-state index contributed by atoms with van der Waals surface area (Å²) in [7, 11) is 0. The van der Waals surface area contributed by atoms with Crippen LogP contribution in [-0.4, -0.2) is 39.8 Å². The standard InChI is InChI=1S/C11H17N3O4/c1-7(2)5-18-11(17)14-9(10(15)16)3-8-4-12-6-13-8/h4,6-7,9H,3,5H2,1-2H3,(H,12,13)(H,14,17)(H,15,16)/t9-/m1/s1. The van der Waals surface area contributed by atoms with Gasteiger partial charge < -0.3 is 20.1 Å². The number of aromatic nitrogens is 2. The fourth-order valence-electron chi connectivity index (χ4n) is 1.24. The van der Waals surface area contributed by atoms with Crippen molar-refractivity contribution in [2.45, 2.75) is 26.3 Å². The van der Waals surface area contributed by atoms with E-state index in [1.165, 1.54) is 12.5 Å². The number of aliphatic carboxylic acids is 1. The highest BCUT2D eigenvalue weighted by molar-refractivity contribution is 5.80. The van der Waals surface area contributed by atoms with E-state index >= 15 is 0 Å². The summed E-state index contributed by atoms with van der Waals surface area (Å²) in [5.74, 6) is -0.919. The molecule has 0 radical (unpaired) electrons. The Morgan fingerprint density at radius 1 is 1.56 bits per heavy atom. The molecule has 0 fully saturated rings. The molecule has 1 aromatic heterocycles. The van der Waals surface area contributed by atoms with E-state index in [0.29, 0.717) is 5.69 Å². The van der Waals surface area contributed by atoms with Crippen molar-refractivity contribution in [2.24, 2.45) is 5.92 Å². The minimum Gasteiger partial charge on any atom is -0.480 e. The molecule has 0 aliphatic heterocycles. The van der Waals surface area contributed by atoms with Crippen molar-refractivity contribution in [1.29, 1.82) is 0 Å². The summed E-state index contributed by atoms with van der Waals surface area (Å²) in [6.45, 7) is 4.04. The number of carbonyl (C=O) groups is 2. The number of carbonyl (C=O) groups excluding carboxylic acids is 1. The third-order valence-corrected chi connectivity index (χ3v) is 2.12. The Labute approximate surface area is 105 Å². The Hall–Kier alpha value is -2.05. The minimum atomic E-state index is -1.12. The number of ether oxygens (including phenoxy) is 1. The Bertz CT molecular complexity index is 389. The number of carboxylic acid groups (broad SMARTS) is 1. The molecule has 1 atom stereocenters. The van der Waals surface area contributed by atoms with E-state index in [1.807, 2.05) is 13.8 Å². The molecule has 7 nitrogen and oxygen atoms in total. The van der Waals surface area contributed by atoms with Crippen LogP contribution in [0, 0.1) is 5.92 Å². The van der Waals surface area contributed by atoms with Crippen molar-refractivity contribution < 1.29 is 19.4 Å². The highest BCUT2D eigenvalue weighted by atomic mass is 16.5. The number of H-pyrrole nitrogens is 1. The lowest BCUT2D eigenvalue weighted by atomic mass is 10.2. The van der Waals surface area contributed by atoms with Gasteiger partial charge in [-0.3, -0.25) is 0 Å². The summed E-state index contributed by atoms with van der Waals surface area (Å²) in [5, 5.41) is 11.3. The molecule has 1 rings (SSSR count). The van der Waals surface area contributed by atoms with Crippen molar-refractivity contribution in [3.63, 3.8) is 0 Å². The maximum absolute atomic E-state index is 11.4. The first-order valence-electron chi connectivity index (χ1n) is 5.62. The van der Waals surface area contributed by atoms with Crippen LogP contribution in [0.5, 0.6) is 0 Å². The topological polar surface area (TPSA) is 104 Å². The van der Waals surface area contributed by atoms with Crippen LogP contribution in [0.15, 0.2) is 12.5 Å². The van der Waals surface area contributed by atoms with Crippen LogP contribution in [0.1, 0.15) is 19.5 Å². The maximum Gasteiger partial charge on any atom is 0.407 e. The van der Waals surface area contributed by atoms with E-state index in [1.54, 1.807) is 0 Å². The quantitative estimate of drug-likeness (QED) is 0.697. The van der Waals surface area contributed by atoms with Gasteiger partial charge in [-0.2, -0.15) is 0 Å². The first-order valence-corrected chi connectivity index (χ1v) is 5.62. The van der Waals surface area contributed by atoms with Crippen LogP contribution < -0.4 is 5.32 Å². The predicted octanol–water partition coefficient (Wildman–Crippen LogP) is 0.788. The Morgan fingerprint density at radius 3 is 2.78 bits per heavy atom. The second-order valence-corrected chi connectivity index (χ2v) is 4.31. The van der Waals surface area contributed by atoms with E-state index in [-0.39, 0.29) is 18.9 Å². The first-order chi connectivity index (χ1) is 8.49. The van der Waals surface area contributed by atoms with E-state index in [0.717, 1.165) is 0 Å². The summed E-state index contributed by atoms with van der Waals surface area (Å²) in [5.41, 5.74) is 0.631. The Morgan fingerprint density at radius 2 is 2.28 bits per heavy atom. The SMILES string of the molecule is CC(C)COC(=O)N[C@H](Cc1cnc[nH]1)C(=O)O. The maximum atomic E-state index is 11.4. The molecular weight excluding hydrogens is 238 g/mol. The van der Waals surface area contributed by atoms with Crippen molar-refractivity contribution in [3.8, 4) is 0 Å². The molecule has 0 aliphatic carbocycles. The molecule has 0 saturated carbocycles. The molecular formula is C11H17N3O4. The molecule has 3 N–H and O–H groups in total. The Kier molecular flexibility index (Phi) is 5.16. The molecule has 0 bridgehead atoms. The summed E-state index contributed by atoms with van der Waals surface area (Å²) >= 11 is 0. The van der Waals surface area contributed by atoms with Gasteiger partial charge in [-0.05, 0) is 5.92 Å². The van der Waals surface area contributed by atoms with Crippen LogP contribution in [0.4, 0.5) is 4.79 Å².